The van der Waals surface area contributed by atoms with Crippen LogP contribution in [0.1, 0.15) is 92.4 Å². The van der Waals surface area contributed by atoms with Crippen molar-refractivity contribution in [3.63, 3.8) is 0 Å². The van der Waals surface area contributed by atoms with E-state index in [1.807, 2.05) is 0 Å². The van der Waals surface area contributed by atoms with Crippen LogP contribution in [0.4, 0.5) is 5.82 Å². The number of hydrogen-bond donors (Lipinski definition) is 1. The number of methoxy groups -OCH3 is 1. The lowest BCUT2D eigenvalue weighted by atomic mass is 9.91. The molecule has 1 N–H and O–H groups in total. The molecule has 3 unspecified atom stereocenters. The van der Waals surface area contributed by atoms with Crippen molar-refractivity contribution in [2.45, 2.75) is 98.4 Å². The third kappa shape index (κ3) is 16.2. The Kier molecular flexibility index (Phi) is 17.2. The zero-order chi connectivity index (χ0) is 26.1. The predicted octanol–water partition coefficient (Wildman–Crippen LogP) is 8.20. The maximum absolute atomic E-state index is 12.1. The number of anilines is 1. The molecule has 0 aliphatic heterocycles. The number of carbonyl (C=O) groups excluding carboxylic acids is 1. The van der Waals surface area contributed by atoms with Crippen molar-refractivity contribution in [2.24, 2.45) is 17.8 Å². The van der Waals surface area contributed by atoms with Crippen molar-refractivity contribution in [2.75, 3.05) is 23.9 Å². The number of thioether (sulfide) groups is 1. The van der Waals surface area contributed by atoms with Crippen molar-refractivity contribution in [1.29, 1.82) is 0 Å². The van der Waals surface area contributed by atoms with Crippen LogP contribution in [-0.4, -0.2) is 40.6 Å². The molecule has 7 heteroatoms. The van der Waals surface area contributed by atoms with E-state index in [1.54, 1.807) is 24.0 Å². The molecule has 5 nitrogen and oxygen atoms in total. The lowest BCUT2D eigenvalue weighted by Crippen LogP contribution is -2.33. The second kappa shape index (κ2) is 18.9. The molecule has 1 aromatic rings. The number of allylic oxidation sites excluding steroid dienone is 1. The summed E-state index contributed by atoms with van der Waals surface area (Å²) in [5.74, 6) is 4.18. The van der Waals surface area contributed by atoms with E-state index in [1.165, 1.54) is 64.0 Å². The van der Waals surface area contributed by atoms with E-state index < -0.39 is 6.04 Å². The SMILES string of the molecule is COC(=O)C(CSC/C=C(\C)CCCC(C)CCCC(C)CCCC(C)C)Nc1ccnc(Cl)n1. The molecule has 0 aliphatic carbocycles. The van der Waals surface area contributed by atoms with Crippen molar-refractivity contribution in [3.05, 3.63) is 29.2 Å². The number of esters is 1. The van der Waals surface area contributed by atoms with Crippen LogP contribution in [0.3, 0.4) is 0 Å². The molecule has 0 radical (unpaired) electrons. The van der Waals surface area contributed by atoms with Crippen LogP contribution in [0, 0.1) is 17.8 Å². The van der Waals surface area contributed by atoms with Gasteiger partial charge in [-0.15, -0.1) is 0 Å². The second-order valence-corrected chi connectivity index (χ2v) is 11.8. The van der Waals surface area contributed by atoms with Gasteiger partial charge in [-0.25, -0.2) is 14.8 Å². The molecule has 0 amide bonds. The molecular weight excluding hydrogens is 478 g/mol. The molecule has 0 saturated carbocycles. The zero-order valence-corrected chi connectivity index (χ0v) is 24.4. The first kappa shape index (κ1) is 31.8. The minimum absolute atomic E-state index is 0.144. The van der Waals surface area contributed by atoms with Gasteiger partial charge in [0.05, 0.1) is 7.11 Å². The highest BCUT2D eigenvalue weighted by molar-refractivity contribution is 7.99. The van der Waals surface area contributed by atoms with E-state index >= 15 is 0 Å². The van der Waals surface area contributed by atoms with Crippen LogP contribution >= 0.6 is 23.4 Å². The first-order chi connectivity index (χ1) is 16.7. The summed E-state index contributed by atoms with van der Waals surface area (Å²) in [6, 6.07) is 1.20. The van der Waals surface area contributed by atoms with Gasteiger partial charge in [0.1, 0.15) is 11.9 Å². The standard InChI is InChI=1S/C28H48ClN3O2S/c1-21(2)10-7-11-22(3)12-8-13-23(4)14-9-15-24(5)17-19-35-20-25(27(33)34-6)31-26-16-18-30-28(29)32-26/h16-18,21-23,25H,7-15,19-20H2,1-6H3,(H,30,31,32)/b24-17+. The lowest BCUT2D eigenvalue weighted by Gasteiger charge is -2.16. The Balaban J connectivity index is 2.22. The van der Waals surface area contributed by atoms with Crippen molar-refractivity contribution in [1.82, 2.24) is 9.97 Å². The quantitative estimate of drug-likeness (QED) is 0.0849. The number of nitrogens with one attached hydrogen (secondary N) is 1. The average Bonchev–Trinajstić information content (AvgIpc) is 2.80. The molecule has 35 heavy (non-hydrogen) atoms. The van der Waals surface area contributed by atoms with Gasteiger partial charge in [-0.3, -0.25) is 0 Å². The fourth-order valence-corrected chi connectivity index (χ4v) is 5.24. The minimum Gasteiger partial charge on any atom is -0.467 e. The number of rotatable bonds is 19. The van der Waals surface area contributed by atoms with Crippen LogP contribution in [0.25, 0.3) is 0 Å². The van der Waals surface area contributed by atoms with Crippen LogP contribution < -0.4 is 5.32 Å². The third-order valence-corrected chi connectivity index (χ3v) is 7.56. The molecule has 1 rings (SSSR count). The van der Waals surface area contributed by atoms with Crippen LogP contribution in [0.15, 0.2) is 23.9 Å². The number of nitrogens with zero attached hydrogens (tertiary/aromatic N) is 2. The van der Waals surface area contributed by atoms with Gasteiger partial charge in [0, 0.05) is 17.7 Å². The first-order valence-electron chi connectivity index (χ1n) is 13.3. The van der Waals surface area contributed by atoms with Gasteiger partial charge in [-0.05, 0) is 55.2 Å². The number of carbonyl (C=O) groups is 1. The molecule has 1 heterocycles. The van der Waals surface area contributed by atoms with Gasteiger partial charge < -0.3 is 10.1 Å². The summed E-state index contributed by atoms with van der Waals surface area (Å²) in [6.45, 7) is 11.7. The molecule has 0 aliphatic rings. The van der Waals surface area contributed by atoms with E-state index in [2.05, 4.69) is 56.0 Å². The Labute approximate surface area is 223 Å². The highest BCUT2D eigenvalue weighted by Crippen LogP contribution is 2.22. The third-order valence-electron chi connectivity index (χ3n) is 6.41. The van der Waals surface area contributed by atoms with Gasteiger partial charge in [0.15, 0.2) is 0 Å². The summed E-state index contributed by atoms with van der Waals surface area (Å²) in [5.41, 5.74) is 1.42. The summed E-state index contributed by atoms with van der Waals surface area (Å²) >= 11 is 7.54. The topological polar surface area (TPSA) is 64.1 Å². The Bertz CT molecular complexity index is 745. The molecule has 200 valence electrons. The smallest absolute Gasteiger partial charge is 0.329 e. The summed E-state index contributed by atoms with van der Waals surface area (Å²) in [6.07, 6.45) is 15.8. The normalized spacial score (nSPS) is 14.6. The largest absolute Gasteiger partial charge is 0.467 e. The number of aromatic nitrogens is 2. The summed E-state index contributed by atoms with van der Waals surface area (Å²) < 4.78 is 4.93. The maximum atomic E-state index is 12.1. The van der Waals surface area contributed by atoms with E-state index in [4.69, 9.17) is 16.3 Å². The van der Waals surface area contributed by atoms with E-state index in [0.717, 1.165) is 29.9 Å². The highest BCUT2D eigenvalue weighted by Gasteiger charge is 2.19. The monoisotopic (exact) mass is 525 g/mol. The van der Waals surface area contributed by atoms with Gasteiger partial charge in [-0.1, -0.05) is 84.3 Å². The Morgan fingerprint density at radius 2 is 1.71 bits per heavy atom. The second-order valence-electron chi connectivity index (χ2n) is 10.4. The van der Waals surface area contributed by atoms with Crippen LogP contribution in [0.2, 0.25) is 5.28 Å². The molecule has 0 bridgehead atoms. The van der Waals surface area contributed by atoms with E-state index in [0.29, 0.717) is 11.6 Å². The fourth-order valence-electron chi connectivity index (χ4n) is 4.10. The molecule has 3 atom stereocenters. The van der Waals surface area contributed by atoms with Crippen LogP contribution in [-0.2, 0) is 9.53 Å². The molecule has 0 spiro atoms. The predicted molar refractivity (Wildman–Crippen MR) is 152 cm³/mol. The van der Waals surface area contributed by atoms with Gasteiger partial charge in [0.25, 0.3) is 0 Å². The maximum Gasteiger partial charge on any atom is 0.329 e. The van der Waals surface area contributed by atoms with E-state index in [-0.39, 0.29) is 11.3 Å². The number of ether oxygens (including phenoxy) is 1. The number of halogens is 1. The first-order valence-corrected chi connectivity index (χ1v) is 14.8. The molecule has 0 aromatic carbocycles. The lowest BCUT2D eigenvalue weighted by molar-refractivity contribution is -0.140. The van der Waals surface area contributed by atoms with Crippen molar-refractivity contribution in [3.8, 4) is 0 Å². The van der Waals surface area contributed by atoms with Crippen LogP contribution in [0.5, 0.6) is 0 Å². The molecule has 0 fully saturated rings. The Morgan fingerprint density at radius 3 is 2.31 bits per heavy atom. The Morgan fingerprint density at radius 1 is 1.09 bits per heavy atom. The fraction of sp³-hybridized carbons (Fsp3) is 0.750. The molecule has 1 aromatic heterocycles. The summed E-state index contributed by atoms with van der Waals surface area (Å²) in [5, 5.41) is 3.24. The van der Waals surface area contributed by atoms with Crippen molar-refractivity contribution >= 4 is 35.1 Å². The Hall–Kier alpha value is -1.27. The van der Waals surface area contributed by atoms with Gasteiger partial charge in [0.2, 0.25) is 5.28 Å². The molecule has 0 saturated heterocycles. The summed E-state index contributed by atoms with van der Waals surface area (Å²) in [7, 11) is 1.40. The number of hydrogen-bond acceptors (Lipinski definition) is 6. The molecular formula is C28H48ClN3O2S. The zero-order valence-electron chi connectivity index (χ0n) is 22.8. The minimum atomic E-state index is -0.483. The van der Waals surface area contributed by atoms with Gasteiger partial charge >= 0.3 is 5.97 Å². The highest BCUT2D eigenvalue weighted by atomic mass is 35.5. The van der Waals surface area contributed by atoms with Gasteiger partial charge in [-0.2, -0.15) is 11.8 Å². The van der Waals surface area contributed by atoms with Crippen molar-refractivity contribution < 1.29 is 9.53 Å². The summed E-state index contributed by atoms with van der Waals surface area (Å²) in [4.78, 5) is 20.1. The average molecular weight is 526 g/mol. The van der Waals surface area contributed by atoms with E-state index in [9.17, 15) is 4.79 Å².